The molecule has 0 bridgehead atoms. The average molecular weight is 577 g/mol. The third-order valence-corrected chi connectivity index (χ3v) is 7.59. The number of aliphatic hydroxyl groups excluding tert-OH is 2. The summed E-state index contributed by atoms with van der Waals surface area (Å²) >= 11 is 0. The molecule has 2 unspecified atom stereocenters. The molecule has 0 aliphatic rings. The number of nitrogens with zero attached hydrogens (tertiary/aromatic N) is 2. The van der Waals surface area contributed by atoms with Crippen LogP contribution in [0.2, 0.25) is 0 Å². The molecule has 2 aromatic carbocycles. The number of pyridine rings is 1. The number of hydrogen-bond donors (Lipinski definition) is 5. The quantitative estimate of drug-likeness (QED) is 0.102. The molecule has 4 aromatic rings. The van der Waals surface area contributed by atoms with Crippen molar-refractivity contribution >= 4 is 10.9 Å². The normalized spacial score (nSPS) is 13.1. The van der Waals surface area contributed by atoms with Crippen LogP contribution in [-0.2, 0) is 6.54 Å². The van der Waals surface area contributed by atoms with Gasteiger partial charge in [-0.2, -0.15) is 0 Å². The Bertz CT molecular complexity index is 1420. The predicted molar refractivity (Wildman–Crippen MR) is 164 cm³/mol. The van der Waals surface area contributed by atoms with Gasteiger partial charge in [0, 0.05) is 18.0 Å². The fourth-order valence-electron chi connectivity index (χ4n) is 5.24. The number of phenols is 1. The topological polar surface area (TPSA) is 135 Å². The summed E-state index contributed by atoms with van der Waals surface area (Å²) in [5, 5.41) is 35.1. The van der Waals surface area contributed by atoms with Gasteiger partial charge < -0.3 is 30.0 Å². The molecule has 4 rings (SSSR count). The Morgan fingerprint density at radius 2 is 1.64 bits per heavy atom. The number of nitrogens with one attached hydrogen (secondary N) is 2. The van der Waals surface area contributed by atoms with E-state index in [0.717, 1.165) is 43.7 Å². The molecule has 0 saturated carbocycles. The minimum absolute atomic E-state index is 0.00244. The van der Waals surface area contributed by atoms with Crippen molar-refractivity contribution in [1.29, 1.82) is 0 Å². The van der Waals surface area contributed by atoms with Crippen molar-refractivity contribution in [3.05, 3.63) is 93.9 Å². The lowest BCUT2D eigenvalue weighted by atomic mass is 10.0. The number of fused-ring (bicyclic) bond motifs is 1. The first-order chi connectivity index (χ1) is 20.4. The first-order valence-corrected chi connectivity index (χ1v) is 15.0. The van der Waals surface area contributed by atoms with Crippen LogP contribution in [0, 0.1) is 0 Å². The van der Waals surface area contributed by atoms with Crippen molar-refractivity contribution in [2.75, 3.05) is 26.7 Å². The number of benzene rings is 2. The van der Waals surface area contributed by atoms with Crippen LogP contribution >= 0.6 is 0 Å². The number of oxazole rings is 1. The average Bonchev–Trinajstić information content (AvgIpc) is 3.46. The monoisotopic (exact) mass is 576 g/mol. The molecule has 2 heterocycles. The number of H-pyrrole nitrogens is 1. The molecule has 42 heavy (non-hydrogen) atoms. The highest BCUT2D eigenvalue weighted by Gasteiger charge is 2.17. The summed E-state index contributed by atoms with van der Waals surface area (Å²) in [6.45, 7) is 2.92. The smallest absolute Gasteiger partial charge is 0.248 e. The van der Waals surface area contributed by atoms with Crippen LogP contribution in [0.5, 0.6) is 5.75 Å². The van der Waals surface area contributed by atoms with E-state index in [0.29, 0.717) is 35.4 Å². The number of phenolic OH excluding ortho intramolecular Hbond substituents is 1. The summed E-state index contributed by atoms with van der Waals surface area (Å²) in [5.74, 6) is 1.09. The number of aromatic nitrogens is 2. The van der Waals surface area contributed by atoms with Gasteiger partial charge in [-0.15, -0.1) is 0 Å². The fraction of sp³-hybridized carbons (Fsp3) is 0.455. The first kappa shape index (κ1) is 31.4. The third kappa shape index (κ3) is 9.25. The highest BCUT2D eigenvalue weighted by atomic mass is 16.4. The van der Waals surface area contributed by atoms with Gasteiger partial charge in [-0.05, 0) is 56.2 Å². The summed E-state index contributed by atoms with van der Waals surface area (Å²) in [6, 6.07) is 15.7. The summed E-state index contributed by atoms with van der Waals surface area (Å²) < 4.78 is 5.79. The van der Waals surface area contributed by atoms with Crippen molar-refractivity contribution < 1.29 is 19.7 Å². The fourth-order valence-corrected chi connectivity index (χ4v) is 5.24. The molecule has 2 aromatic heterocycles. The van der Waals surface area contributed by atoms with E-state index < -0.39 is 12.2 Å². The Hall–Kier alpha value is -3.50. The van der Waals surface area contributed by atoms with Crippen molar-refractivity contribution in [3.63, 3.8) is 0 Å². The molecule has 0 spiro atoms. The summed E-state index contributed by atoms with van der Waals surface area (Å²) in [7, 11) is 2.08. The minimum atomic E-state index is -0.845. The Labute approximate surface area is 247 Å². The van der Waals surface area contributed by atoms with Gasteiger partial charge in [0.1, 0.15) is 11.5 Å². The van der Waals surface area contributed by atoms with E-state index in [1.165, 1.54) is 44.2 Å². The Balaban J connectivity index is 1.00. The van der Waals surface area contributed by atoms with E-state index in [4.69, 9.17) is 4.42 Å². The second-order valence-electron chi connectivity index (χ2n) is 11.0. The maximum Gasteiger partial charge on any atom is 0.248 e. The largest absolute Gasteiger partial charge is 0.506 e. The van der Waals surface area contributed by atoms with E-state index in [-0.39, 0.29) is 11.3 Å². The van der Waals surface area contributed by atoms with Gasteiger partial charge in [-0.3, -0.25) is 9.69 Å². The van der Waals surface area contributed by atoms with Gasteiger partial charge >= 0.3 is 0 Å². The van der Waals surface area contributed by atoms with Crippen LogP contribution in [0.1, 0.15) is 86.4 Å². The van der Waals surface area contributed by atoms with Crippen LogP contribution in [0.4, 0.5) is 0 Å². The van der Waals surface area contributed by atoms with Crippen molar-refractivity contribution in [3.8, 4) is 5.75 Å². The Morgan fingerprint density at radius 1 is 0.929 bits per heavy atom. The lowest BCUT2D eigenvalue weighted by Gasteiger charge is -2.15. The zero-order chi connectivity index (χ0) is 29.7. The SMILES string of the molecule is CN(CCCCCCCCCCNCC(O)c1ccc(O)c2[nH]c(=O)ccc12)Cc1cnc(C(O)c2ccccc2)o1. The number of aromatic amines is 1. The first-order valence-electron chi connectivity index (χ1n) is 15.0. The Morgan fingerprint density at radius 3 is 2.40 bits per heavy atom. The van der Waals surface area contributed by atoms with Crippen LogP contribution < -0.4 is 10.9 Å². The number of aromatic hydroxyl groups is 1. The molecule has 0 saturated heterocycles. The van der Waals surface area contributed by atoms with Crippen LogP contribution in [0.3, 0.4) is 0 Å². The molecule has 226 valence electrons. The predicted octanol–water partition coefficient (Wildman–Crippen LogP) is 5.18. The van der Waals surface area contributed by atoms with E-state index in [1.54, 1.807) is 18.3 Å². The van der Waals surface area contributed by atoms with Gasteiger partial charge in [0.05, 0.1) is 24.4 Å². The lowest BCUT2D eigenvalue weighted by molar-refractivity contribution is 0.176. The summed E-state index contributed by atoms with van der Waals surface area (Å²) in [4.78, 5) is 20.7. The van der Waals surface area contributed by atoms with E-state index in [9.17, 15) is 20.1 Å². The summed E-state index contributed by atoms with van der Waals surface area (Å²) in [6.07, 6.45) is 9.64. The molecular weight excluding hydrogens is 532 g/mol. The van der Waals surface area contributed by atoms with Gasteiger partial charge in [0.25, 0.3) is 0 Å². The van der Waals surface area contributed by atoms with Gasteiger partial charge in [-0.25, -0.2) is 4.98 Å². The standard InChI is InChI=1S/C33H44N4O5/c1-37(23-25-21-35-33(42-25)32(41)24-13-9-8-10-14-24)20-12-7-5-3-2-4-6-11-19-34-22-29(39)26-15-17-28(38)31-27(26)16-18-30(40)36-31/h8-10,13-18,21,29,32,34,38-39,41H,2-7,11-12,19-20,22-23H2,1H3,(H,36,40). The molecule has 9 heteroatoms. The molecule has 0 aliphatic heterocycles. The molecule has 0 fully saturated rings. The van der Waals surface area contributed by atoms with Crippen LogP contribution in [-0.4, -0.2) is 56.9 Å². The maximum absolute atomic E-state index is 11.6. The van der Waals surface area contributed by atoms with E-state index >= 15 is 0 Å². The number of aliphatic hydroxyl groups is 2. The molecule has 0 amide bonds. The molecular formula is C33H44N4O5. The lowest BCUT2D eigenvalue weighted by Crippen LogP contribution is -2.22. The maximum atomic E-state index is 11.6. The molecule has 9 nitrogen and oxygen atoms in total. The zero-order valence-corrected chi connectivity index (χ0v) is 24.5. The van der Waals surface area contributed by atoms with Crippen LogP contribution in [0.15, 0.2) is 70.0 Å². The number of hydrogen-bond acceptors (Lipinski definition) is 8. The van der Waals surface area contributed by atoms with Gasteiger partial charge in [0.15, 0.2) is 6.10 Å². The van der Waals surface area contributed by atoms with Crippen molar-refractivity contribution in [2.24, 2.45) is 0 Å². The molecule has 0 aliphatic carbocycles. The third-order valence-electron chi connectivity index (χ3n) is 7.59. The molecule has 2 atom stereocenters. The number of unbranched alkanes of at least 4 members (excludes halogenated alkanes) is 7. The zero-order valence-electron chi connectivity index (χ0n) is 24.5. The highest BCUT2D eigenvalue weighted by molar-refractivity contribution is 5.87. The van der Waals surface area contributed by atoms with Crippen LogP contribution in [0.25, 0.3) is 10.9 Å². The van der Waals surface area contributed by atoms with Crippen molar-refractivity contribution in [2.45, 2.75) is 70.1 Å². The molecule has 0 radical (unpaired) electrons. The van der Waals surface area contributed by atoms with E-state index in [2.05, 4.69) is 27.2 Å². The minimum Gasteiger partial charge on any atom is -0.506 e. The van der Waals surface area contributed by atoms with E-state index in [1.807, 2.05) is 30.3 Å². The van der Waals surface area contributed by atoms with Crippen molar-refractivity contribution in [1.82, 2.24) is 20.2 Å². The summed E-state index contributed by atoms with van der Waals surface area (Å²) in [5.41, 5.74) is 1.52. The number of rotatable bonds is 18. The second-order valence-corrected chi connectivity index (χ2v) is 11.0. The molecule has 5 N–H and O–H groups in total. The second kappa shape index (κ2) is 16.2. The Kier molecular flexibility index (Phi) is 12.1. The highest BCUT2D eigenvalue weighted by Crippen LogP contribution is 2.28. The van der Waals surface area contributed by atoms with Gasteiger partial charge in [0.2, 0.25) is 11.4 Å². The van der Waals surface area contributed by atoms with Gasteiger partial charge in [-0.1, -0.05) is 74.9 Å².